The van der Waals surface area contributed by atoms with Gasteiger partial charge in [-0.1, -0.05) is 6.42 Å². The van der Waals surface area contributed by atoms with Gasteiger partial charge in [-0.25, -0.2) is 4.79 Å². The smallest absolute Gasteiger partial charge is 0.319 e. The number of rotatable bonds is 7. The van der Waals surface area contributed by atoms with Crippen molar-refractivity contribution >= 4 is 11.7 Å². The molecule has 7 heteroatoms. The van der Waals surface area contributed by atoms with Crippen LogP contribution in [0.3, 0.4) is 0 Å². The highest BCUT2D eigenvalue weighted by Gasteiger charge is 2.09. The molecular formula is C18H26N6O. The molecule has 25 heavy (non-hydrogen) atoms. The molecule has 0 unspecified atom stereocenters. The van der Waals surface area contributed by atoms with Gasteiger partial charge in [-0.15, -0.1) is 0 Å². The molecule has 0 atom stereocenters. The molecular weight excluding hydrogens is 316 g/mol. The van der Waals surface area contributed by atoms with Crippen molar-refractivity contribution in [3.8, 4) is 11.3 Å². The van der Waals surface area contributed by atoms with Crippen molar-refractivity contribution in [2.24, 2.45) is 0 Å². The molecule has 2 aromatic rings. The zero-order valence-electron chi connectivity index (χ0n) is 14.5. The second-order valence-electron chi connectivity index (χ2n) is 6.41. The number of aromatic amines is 1. The number of urea groups is 1. The average molecular weight is 342 g/mol. The van der Waals surface area contributed by atoms with E-state index in [4.69, 9.17) is 0 Å². The lowest BCUT2D eigenvalue weighted by atomic mass is 10.1. The van der Waals surface area contributed by atoms with Crippen LogP contribution in [0.4, 0.5) is 10.5 Å². The first-order valence-corrected chi connectivity index (χ1v) is 9.04. The largest absolute Gasteiger partial charge is 0.338 e. The fraction of sp³-hybridized carbons (Fsp3) is 0.500. The maximum atomic E-state index is 11.9. The van der Waals surface area contributed by atoms with E-state index in [1.54, 1.807) is 18.6 Å². The zero-order valence-corrected chi connectivity index (χ0v) is 14.5. The summed E-state index contributed by atoms with van der Waals surface area (Å²) < 4.78 is 0. The molecule has 7 nitrogen and oxygen atoms in total. The number of pyridine rings is 1. The van der Waals surface area contributed by atoms with Gasteiger partial charge < -0.3 is 15.5 Å². The number of H-pyrrole nitrogens is 1. The standard InChI is InChI=1S/C18H26N6O/c25-18(19-8-2-5-11-24-9-3-1-4-10-24)23-16-6-7-17(20-14-16)15-12-21-22-13-15/h6-7,12-14H,1-5,8-11H2,(H,21,22)(H2,19,23,25). The number of nitrogens with zero attached hydrogens (tertiary/aromatic N) is 3. The number of nitrogens with one attached hydrogen (secondary N) is 3. The predicted molar refractivity (Wildman–Crippen MR) is 98.4 cm³/mol. The monoisotopic (exact) mass is 342 g/mol. The van der Waals surface area contributed by atoms with Gasteiger partial charge in [0.1, 0.15) is 0 Å². The number of aromatic nitrogens is 3. The van der Waals surface area contributed by atoms with E-state index in [2.05, 4.69) is 30.7 Å². The first kappa shape index (κ1) is 17.4. The van der Waals surface area contributed by atoms with Gasteiger partial charge in [0, 0.05) is 18.3 Å². The molecule has 3 heterocycles. The molecule has 2 amide bonds. The molecule has 0 spiro atoms. The second-order valence-corrected chi connectivity index (χ2v) is 6.41. The van der Waals surface area contributed by atoms with E-state index in [0.29, 0.717) is 12.2 Å². The molecule has 3 N–H and O–H groups in total. The first-order valence-electron chi connectivity index (χ1n) is 9.04. The summed E-state index contributed by atoms with van der Waals surface area (Å²) in [6.45, 7) is 4.30. The van der Waals surface area contributed by atoms with Crippen LogP contribution in [-0.2, 0) is 0 Å². The molecule has 2 aromatic heterocycles. The van der Waals surface area contributed by atoms with Crippen LogP contribution in [0.2, 0.25) is 0 Å². The fourth-order valence-electron chi connectivity index (χ4n) is 3.05. The Morgan fingerprint density at radius 1 is 1.16 bits per heavy atom. The maximum Gasteiger partial charge on any atom is 0.319 e. The molecule has 0 aliphatic carbocycles. The Kier molecular flexibility index (Phi) is 6.39. The van der Waals surface area contributed by atoms with Crippen molar-refractivity contribution in [3.63, 3.8) is 0 Å². The number of carbonyl (C=O) groups is 1. The minimum absolute atomic E-state index is 0.184. The highest BCUT2D eigenvalue weighted by Crippen LogP contribution is 2.16. The maximum absolute atomic E-state index is 11.9. The van der Waals surface area contributed by atoms with Crippen LogP contribution in [0.15, 0.2) is 30.7 Å². The minimum Gasteiger partial charge on any atom is -0.338 e. The molecule has 134 valence electrons. The summed E-state index contributed by atoms with van der Waals surface area (Å²) in [5, 5.41) is 12.4. The molecule has 0 saturated carbocycles. The SMILES string of the molecule is O=C(NCCCCN1CCCCC1)Nc1ccc(-c2cn[nH]c2)nc1. The van der Waals surface area contributed by atoms with Crippen LogP contribution < -0.4 is 10.6 Å². The number of amides is 2. The van der Waals surface area contributed by atoms with E-state index in [-0.39, 0.29) is 6.03 Å². The highest BCUT2D eigenvalue weighted by atomic mass is 16.2. The Hall–Kier alpha value is -2.41. The summed E-state index contributed by atoms with van der Waals surface area (Å²) in [6, 6.07) is 3.51. The average Bonchev–Trinajstić information content (AvgIpc) is 3.18. The van der Waals surface area contributed by atoms with Gasteiger partial charge in [0.2, 0.25) is 0 Å². The Morgan fingerprint density at radius 2 is 2.04 bits per heavy atom. The Balaban J connectivity index is 1.32. The molecule has 1 aliphatic heterocycles. The van der Waals surface area contributed by atoms with Gasteiger partial charge in [-0.05, 0) is 57.5 Å². The Labute approximate surface area is 148 Å². The Morgan fingerprint density at radius 3 is 2.76 bits per heavy atom. The fourth-order valence-corrected chi connectivity index (χ4v) is 3.05. The van der Waals surface area contributed by atoms with Gasteiger partial charge in [-0.3, -0.25) is 10.1 Å². The van der Waals surface area contributed by atoms with E-state index in [1.807, 2.05) is 12.1 Å². The van der Waals surface area contributed by atoms with Gasteiger partial charge >= 0.3 is 6.03 Å². The van der Waals surface area contributed by atoms with Crippen molar-refractivity contribution in [2.75, 3.05) is 31.5 Å². The summed E-state index contributed by atoms with van der Waals surface area (Å²) in [6.07, 6.45) is 11.3. The van der Waals surface area contributed by atoms with Crippen molar-refractivity contribution in [1.82, 2.24) is 25.4 Å². The summed E-state index contributed by atoms with van der Waals surface area (Å²) in [4.78, 5) is 18.8. The van der Waals surface area contributed by atoms with E-state index >= 15 is 0 Å². The topological polar surface area (TPSA) is 85.9 Å². The molecule has 0 aromatic carbocycles. The van der Waals surface area contributed by atoms with Crippen LogP contribution in [0.5, 0.6) is 0 Å². The summed E-state index contributed by atoms with van der Waals surface area (Å²) >= 11 is 0. The van der Waals surface area contributed by atoms with E-state index in [1.165, 1.54) is 32.4 Å². The summed E-state index contributed by atoms with van der Waals surface area (Å²) in [5.74, 6) is 0. The van der Waals surface area contributed by atoms with Crippen LogP contribution in [-0.4, -0.2) is 52.3 Å². The van der Waals surface area contributed by atoms with Crippen LogP contribution in [0.25, 0.3) is 11.3 Å². The van der Waals surface area contributed by atoms with E-state index in [0.717, 1.165) is 30.6 Å². The second kappa shape index (κ2) is 9.17. The lowest BCUT2D eigenvalue weighted by molar-refractivity contribution is 0.224. The van der Waals surface area contributed by atoms with Crippen molar-refractivity contribution in [1.29, 1.82) is 0 Å². The lowest BCUT2D eigenvalue weighted by Crippen LogP contribution is -2.32. The molecule has 0 radical (unpaired) electrons. The number of unbranched alkanes of at least 4 members (excludes halogenated alkanes) is 1. The van der Waals surface area contributed by atoms with E-state index in [9.17, 15) is 4.79 Å². The zero-order chi connectivity index (χ0) is 17.3. The van der Waals surface area contributed by atoms with Gasteiger partial charge in [-0.2, -0.15) is 5.10 Å². The molecule has 3 rings (SSSR count). The van der Waals surface area contributed by atoms with Gasteiger partial charge in [0.15, 0.2) is 0 Å². The van der Waals surface area contributed by atoms with Crippen LogP contribution >= 0.6 is 0 Å². The van der Waals surface area contributed by atoms with Gasteiger partial charge in [0.05, 0.1) is 23.8 Å². The van der Waals surface area contributed by atoms with Gasteiger partial charge in [0.25, 0.3) is 0 Å². The van der Waals surface area contributed by atoms with Crippen LogP contribution in [0.1, 0.15) is 32.1 Å². The quantitative estimate of drug-likeness (QED) is 0.675. The lowest BCUT2D eigenvalue weighted by Gasteiger charge is -2.26. The summed E-state index contributed by atoms with van der Waals surface area (Å²) in [5.41, 5.74) is 2.42. The third-order valence-electron chi connectivity index (χ3n) is 4.45. The third kappa shape index (κ3) is 5.56. The first-order chi connectivity index (χ1) is 12.3. The number of hydrogen-bond acceptors (Lipinski definition) is 4. The molecule has 1 fully saturated rings. The number of anilines is 1. The van der Waals surface area contributed by atoms with E-state index < -0.39 is 0 Å². The molecule has 1 aliphatic rings. The third-order valence-corrected chi connectivity index (χ3v) is 4.45. The predicted octanol–water partition coefficient (Wildman–Crippen LogP) is 2.86. The summed E-state index contributed by atoms with van der Waals surface area (Å²) in [7, 11) is 0. The normalized spacial score (nSPS) is 15.0. The molecule has 1 saturated heterocycles. The number of carbonyl (C=O) groups excluding carboxylic acids is 1. The number of hydrogen-bond donors (Lipinski definition) is 3. The Bertz CT molecular complexity index is 634. The van der Waals surface area contributed by atoms with Crippen LogP contribution in [0, 0.1) is 0 Å². The number of piperidine rings is 1. The van der Waals surface area contributed by atoms with Crippen molar-refractivity contribution in [3.05, 3.63) is 30.7 Å². The number of likely N-dealkylation sites (tertiary alicyclic amines) is 1. The minimum atomic E-state index is -0.184. The highest BCUT2D eigenvalue weighted by molar-refractivity contribution is 5.89. The molecule has 0 bridgehead atoms. The van der Waals surface area contributed by atoms with Crippen molar-refractivity contribution in [2.45, 2.75) is 32.1 Å². The van der Waals surface area contributed by atoms with Crippen molar-refractivity contribution < 1.29 is 4.79 Å².